The van der Waals surface area contributed by atoms with Gasteiger partial charge in [-0.3, -0.25) is 0 Å². The Morgan fingerprint density at radius 1 is 1.26 bits per heavy atom. The van der Waals surface area contributed by atoms with E-state index in [4.69, 9.17) is 4.42 Å². The molecule has 0 saturated heterocycles. The second kappa shape index (κ2) is 6.89. The van der Waals surface area contributed by atoms with E-state index >= 15 is 0 Å². The van der Waals surface area contributed by atoms with Gasteiger partial charge in [0, 0.05) is 4.47 Å². The smallest absolute Gasteiger partial charge is 0.125 e. The summed E-state index contributed by atoms with van der Waals surface area (Å²) in [5, 5.41) is 12.8. The fourth-order valence-corrected chi connectivity index (χ4v) is 2.19. The molecule has 1 heterocycles. The van der Waals surface area contributed by atoms with Gasteiger partial charge in [-0.1, -0.05) is 28.1 Å². The van der Waals surface area contributed by atoms with Crippen LogP contribution in [0.5, 0.6) is 0 Å². The summed E-state index contributed by atoms with van der Waals surface area (Å²) in [7, 11) is 0. The van der Waals surface area contributed by atoms with Crippen LogP contribution in [0.3, 0.4) is 0 Å². The van der Waals surface area contributed by atoms with Crippen molar-refractivity contribution in [1.82, 2.24) is 5.32 Å². The quantitative estimate of drug-likeness (QED) is 0.855. The molecule has 0 aliphatic heterocycles. The highest BCUT2D eigenvalue weighted by molar-refractivity contribution is 9.10. The summed E-state index contributed by atoms with van der Waals surface area (Å²) in [6.07, 6.45) is 2.10. The van der Waals surface area contributed by atoms with E-state index < -0.39 is 0 Å². The summed E-state index contributed by atoms with van der Waals surface area (Å²) in [5.74, 6) is 0.882. The number of halogens is 1. The Kier molecular flexibility index (Phi) is 5.19. The van der Waals surface area contributed by atoms with Crippen molar-refractivity contribution in [2.45, 2.75) is 25.5 Å². The van der Waals surface area contributed by atoms with Crippen LogP contribution < -0.4 is 5.32 Å². The predicted octanol–water partition coefficient (Wildman–Crippen LogP) is 3.49. The first kappa shape index (κ1) is 14.3. The predicted molar refractivity (Wildman–Crippen MR) is 79.0 cm³/mol. The molecule has 1 aromatic carbocycles. The standard InChI is InChI=1S/C15H18BrNO2/c1-11(18)8-9-17-15(14-3-2-10-19-14)12-4-6-13(16)7-5-12/h2-7,10-11,15,17-18H,8-9H2,1H3. The van der Waals surface area contributed by atoms with Gasteiger partial charge in [-0.15, -0.1) is 0 Å². The maximum absolute atomic E-state index is 9.33. The van der Waals surface area contributed by atoms with Crippen LogP contribution in [0.1, 0.15) is 30.7 Å². The van der Waals surface area contributed by atoms with Crippen LogP contribution in [0.15, 0.2) is 51.6 Å². The van der Waals surface area contributed by atoms with Gasteiger partial charge in [0.05, 0.1) is 18.4 Å². The van der Waals surface area contributed by atoms with E-state index in [0.717, 1.165) is 22.3 Å². The molecule has 0 radical (unpaired) electrons. The summed E-state index contributed by atoms with van der Waals surface area (Å²) >= 11 is 3.44. The molecule has 19 heavy (non-hydrogen) atoms. The molecule has 2 N–H and O–H groups in total. The Bertz CT molecular complexity index is 479. The molecule has 0 amide bonds. The van der Waals surface area contributed by atoms with Crippen LogP contribution in [0.4, 0.5) is 0 Å². The average Bonchev–Trinajstić information content (AvgIpc) is 2.89. The summed E-state index contributed by atoms with van der Waals surface area (Å²) in [6, 6.07) is 12.0. The molecule has 0 aliphatic carbocycles. The first-order valence-electron chi connectivity index (χ1n) is 6.37. The largest absolute Gasteiger partial charge is 0.467 e. The highest BCUT2D eigenvalue weighted by atomic mass is 79.9. The van der Waals surface area contributed by atoms with Crippen molar-refractivity contribution in [2.24, 2.45) is 0 Å². The number of benzene rings is 1. The summed E-state index contributed by atoms with van der Waals surface area (Å²) in [5.41, 5.74) is 1.14. The van der Waals surface area contributed by atoms with Gasteiger partial charge in [0.15, 0.2) is 0 Å². The van der Waals surface area contributed by atoms with Crippen LogP contribution in [-0.2, 0) is 0 Å². The molecule has 0 bridgehead atoms. The lowest BCUT2D eigenvalue weighted by Gasteiger charge is -2.18. The van der Waals surface area contributed by atoms with Gasteiger partial charge in [-0.05, 0) is 49.7 Å². The number of rotatable bonds is 6. The zero-order valence-electron chi connectivity index (χ0n) is 10.8. The van der Waals surface area contributed by atoms with Gasteiger partial charge < -0.3 is 14.8 Å². The monoisotopic (exact) mass is 323 g/mol. The Labute approximate surface area is 121 Å². The Morgan fingerprint density at radius 3 is 2.58 bits per heavy atom. The molecule has 2 rings (SSSR count). The fraction of sp³-hybridized carbons (Fsp3) is 0.333. The normalized spacial score (nSPS) is 14.3. The van der Waals surface area contributed by atoms with Crippen molar-refractivity contribution in [3.05, 3.63) is 58.5 Å². The van der Waals surface area contributed by atoms with Crippen molar-refractivity contribution in [3.63, 3.8) is 0 Å². The number of nitrogens with one attached hydrogen (secondary N) is 1. The van der Waals surface area contributed by atoms with E-state index in [1.165, 1.54) is 0 Å². The molecule has 0 saturated carbocycles. The third-order valence-corrected chi connectivity index (χ3v) is 3.47. The van der Waals surface area contributed by atoms with Crippen molar-refractivity contribution >= 4 is 15.9 Å². The van der Waals surface area contributed by atoms with Gasteiger partial charge in [0.1, 0.15) is 5.76 Å². The summed E-state index contributed by atoms with van der Waals surface area (Å²) in [6.45, 7) is 2.53. The van der Waals surface area contributed by atoms with E-state index in [0.29, 0.717) is 6.42 Å². The summed E-state index contributed by atoms with van der Waals surface area (Å²) in [4.78, 5) is 0. The fourth-order valence-electron chi connectivity index (χ4n) is 1.93. The first-order chi connectivity index (χ1) is 9.16. The number of aliphatic hydroxyl groups is 1. The topological polar surface area (TPSA) is 45.4 Å². The SMILES string of the molecule is CC(O)CCNC(c1ccc(Br)cc1)c1ccco1. The Balaban J connectivity index is 2.12. The zero-order chi connectivity index (χ0) is 13.7. The van der Waals surface area contributed by atoms with E-state index in [1.807, 2.05) is 24.3 Å². The first-order valence-corrected chi connectivity index (χ1v) is 7.16. The summed E-state index contributed by atoms with van der Waals surface area (Å²) < 4.78 is 6.56. The second-order valence-corrected chi connectivity index (χ2v) is 5.51. The van der Waals surface area contributed by atoms with E-state index in [9.17, 15) is 5.11 Å². The number of hydrogen-bond acceptors (Lipinski definition) is 3. The average molecular weight is 324 g/mol. The van der Waals surface area contributed by atoms with Crippen LogP contribution in [-0.4, -0.2) is 17.8 Å². The van der Waals surface area contributed by atoms with Crippen molar-refractivity contribution in [2.75, 3.05) is 6.54 Å². The lowest BCUT2D eigenvalue weighted by molar-refractivity contribution is 0.182. The minimum Gasteiger partial charge on any atom is -0.467 e. The Morgan fingerprint density at radius 2 is 2.00 bits per heavy atom. The van der Waals surface area contributed by atoms with E-state index in [1.54, 1.807) is 13.2 Å². The highest BCUT2D eigenvalue weighted by Crippen LogP contribution is 2.24. The molecular formula is C15H18BrNO2. The zero-order valence-corrected chi connectivity index (χ0v) is 12.4. The van der Waals surface area contributed by atoms with Gasteiger partial charge >= 0.3 is 0 Å². The molecule has 0 spiro atoms. The van der Waals surface area contributed by atoms with Gasteiger partial charge in [-0.2, -0.15) is 0 Å². The molecule has 4 heteroatoms. The molecule has 102 valence electrons. The number of furan rings is 1. The molecule has 0 fully saturated rings. The van der Waals surface area contributed by atoms with E-state index in [-0.39, 0.29) is 12.1 Å². The lowest BCUT2D eigenvalue weighted by Crippen LogP contribution is -2.25. The van der Waals surface area contributed by atoms with Crippen molar-refractivity contribution < 1.29 is 9.52 Å². The second-order valence-electron chi connectivity index (χ2n) is 4.59. The third-order valence-electron chi connectivity index (χ3n) is 2.94. The molecule has 0 aliphatic rings. The molecule has 2 aromatic rings. The van der Waals surface area contributed by atoms with Gasteiger partial charge in [0.25, 0.3) is 0 Å². The molecular weight excluding hydrogens is 306 g/mol. The maximum Gasteiger partial charge on any atom is 0.125 e. The van der Waals surface area contributed by atoms with Crippen LogP contribution >= 0.6 is 15.9 Å². The lowest BCUT2D eigenvalue weighted by atomic mass is 10.0. The molecule has 3 nitrogen and oxygen atoms in total. The van der Waals surface area contributed by atoms with Gasteiger partial charge in [0.2, 0.25) is 0 Å². The number of aliphatic hydroxyl groups excluding tert-OH is 1. The minimum absolute atomic E-state index is 0.0156. The van der Waals surface area contributed by atoms with Gasteiger partial charge in [-0.25, -0.2) is 0 Å². The van der Waals surface area contributed by atoms with Crippen LogP contribution in [0.2, 0.25) is 0 Å². The molecule has 2 unspecified atom stereocenters. The van der Waals surface area contributed by atoms with Crippen molar-refractivity contribution in [3.8, 4) is 0 Å². The van der Waals surface area contributed by atoms with Crippen LogP contribution in [0, 0.1) is 0 Å². The molecule has 1 aromatic heterocycles. The van der Waals surface area contributed by atoms with Crippen LogP contribution in [0.25, 0.3) is 0 Å². The highest BCUT2D eigenvalue weighted by Gasteiger charge is 2.16. The molecule has 2 atom stereocenters. The van der Waals surface area contributed by atoms with E-state index in [2.05, 4.69) is 33.4 Å². The Hall–Kier alpha value is -1.10. The third kappa shape index (κ3) is 4.20. The number of hydrogen-bond donors (Lipinski definition) is 2. The van der Waals surface area contributed by atoms with Crippen molar-refractivity contribution in [1.29, 1.82) is 0 Å². The maximum atomic E-state index is 9.33. The minimum atomic E-state index is -0.297.